The van der Waals surface area contributed by atoms with Crippen molar-refractivity contribution in [2.45, 2.75) is 32.6 Å². The van der Waals surface area contributed by atoms with Gasteiger partial charge in [-0.15, -0.1) is 0 Å². The number of hydrogen-bond acceptors (Lipinski definition) is 3. The third-order valence-corrected chi connectivity index (χ3v) is 5.06. The maximum absolute atomic E-state index is 10.6. The van der Waals surface area contributed by atoms with Crippen LogP contribution < -0.4 is 4.74 Å². The van der Waals surface area contributed by atoms with E-state index >= 15 is 0 Å². The van der Waals surface area contributed by atoms with Crippen molar-refractivity contribution in [1.29, 1.82) is 0 Å². The summed E-state index contributed by atoms with van der Waals surface area (Å²) in [5, 5.41) is 0. The zero-order valence-electron chi connectivity index (χ0n) is 11.6. The first kappa shape index (κ1) is 18.4. The molecular weight excluding hydrogens is 506 g/mol. The third-order valence-electron chi connectivity index (χ3n) is 2.66. The standard InChI is InChI=1S/C13H18I2O4S/c1-13(2,3)9-7-10(14)12(11(15)8-9)19-5-4-6-20(16,17)18/h7-8H,4-6H2,1-3H3,(H,16,17,18). The summed E-state index contributed by atoms with van der Waals surface area (Å²) in [7, 11) is -3.91. The number of benzene rings is 1. The van der Waals surface area contributed by atoms with Gasteiger partial charge in [0.2, 0.25) is 0 Å². The van der Waals surface area contributed by atoms with Gasteiger partial charge < -0.3 is 4.74 Å². The summed E-state index contributed by atoms with van der Waals surface area (Å²) in [6.07, 6.45) is 0.270. The van der Waals surface area contributed by atoms with E-state index < -0.39 is 10.1 Å². The van der Waals surface area contributed by atoms with Crippen molar-refractivity contribution in [2.75, 3.05) is 12.4 Å². The van der Waals surface area contributed by atoms with Gasteiger partial charge in [0.1, 0.15) is 5.75 Å². The molecule has 0 unspecified atom stereocenters. The lowest BCUT2D eigenvalue weighted by molar-refractivity contribution is 0.311. The third kappa shape index (κ3) is 6.02. The summed E-state index contributed by atoms with van der Waals surface area (Å²) in [6, 6.07) is 4.17. The van der Waals surface area contributed by atoms with E-state index in [9.17, 15) is 8.42 Å². The summed E-state index contributed by atoms with van der Waals surface area (Å²) in [5.74, 6) is 0.495. The molecule has 0 spiro atoms. The number of halogens is 2. The lowest BCUT2D eigenvalue weighted by Gasteiger charge is -2.21. The normalized spacial score (nSPS) is 12.5. The Bertz CT molecular complexity index is 554. The summed E-state index contributed by atoms with van der Waals surface area (Å²) < 4.78 is 37.6. The van der Waals surface area contributed by atoms with E-state index in [1.54, 1.807) is 0 Å². The molecule has 1 N–H and O–H groups in total. The molecule has 114 valence electrons. The zero-order valence-corrected chi connectivity index (χ0v) is 16.7. The van der Waals surface area contributed by atoms with Crippen LogP contribution in [0, 0.1) is 7.14 Å². The van der Waals surface area contributed by atoms with Crippen LogP contribution in [0.4, 0.5) is 0 Å². The van der Waals surface area contributed by atoms with Crippen molar-refractivity contribution in [1.82, 2.24) is 0 Å². The largest absolute Gasteiger partial charge is 0.491 e. The Labute approximate surface area is 147 Å². The molecule has 0 fully saturated rings. The van der Waals surface area contributed by atoms with E-state index in [4.69, 9.17) is 9.29 Å². The Hall–Kier alpha value is 0.390. The Morgan fingerprint density at radius 3 is 2.10 bits per heavy atom. The minimum atomic E-state index is -3.91. The fraction of sp³-hybridized carbons (Fsp3) is 0.538. The molecule has 0 aliphatic heterocycles. The molecule has 4 nitrogen and oxygen atoms in total. The van der Waals surface area contributed by atoms with Crippen LogP contribution in [0.5, 0.6) is 5.75 Å². The highest BCUT2D eigenvalue weighted by Gasteiger charge is 2.18. The van der Waals surface area contributed by atoms with Crippen molar-refractivity contribution in [3.05, 3.63) is 24.8 Å². The highest BCUT2D eigenvalue weighted by atomic mass is 127. The number of ether oxygens (including phenoxy) is 1. The van der Waals surface area contributed by atoms with E-state index in [1.807, 2.05) is 0 Å². The Morgan fingerprint density at radius 2 is 1.70 bits per heavy atom. The predicted molar refractivity (Wildman–Crippen MR) is 97.1 cm³/mol. The average Bonchev–Trinajstić information content (AvgIpc) is 2.23. The molecule has 0 bridgehead atoms. The molecule has 1 aromatic carbocycles. The van der Waals surface area contributed by atoms with Gasteiger partial charge in [0.05, 0.1) is 19.5 Å². The van der Waals surface area contributed by atoms with Crippen LogP contribution in [-0.2, 0) is 15.5 Å². The van der Waals surface area contributed by atoms with Gasteiger partial charge in [-0.25, -0.2) is 0 Å². The molecule has 0 amide bonds. The Kier molecular flexibility index (Phi) is 6.55. The lowest BCUT2D eigenvalue weighted by atomic mass is 9.87. The lowest BCUT2D eigenvalue weighted by Crippen LogP contribution is -2.13. The Morgan fingerprint density at radius 1 is 1.20 bits per heavy atom. The van der Waals surface area contributed by atoms with Gasteiger partial charge >= 0.3 is 0 Å². The Balaban J connectivity index is 2.77. The monoisotopic (exact) mass is 524 g/mol. The van der Waals surface area contributed by atoms with Gasteiger partial charge in [0.25, 0.3) is 10.1 Å². The first-order valence-electron chi connectivity index (χ1n) is 6.08. The zero-order chi connectivity index (χ0) is 15.6. The molecule has 1 aromatic rings. The quantitative estimate of drug-likeness (QED) is 0.362. The van der Waals surface area contributed by atoms with Crippen LogP contribution in [0.15, 0.2) is 12.1 Å². The molecule has 0 saturated heterocycles. The number of hydrogen-bond donors (Lipinski definition) is 1. The smallest absolute Gasteiger partial charge is 0.264 e. The summed E-state index contributed by atoms with van der Waals surface area (Å²) >= 11 is 4.44. The SMILES string of the molecule is CC(C)(C)c1cc(I)c(OCCCS(=O)(=O)O)c(I)c1. The van der Waals surface area contributed by atoms with Crippen molar-refractivity contribution < 1.29 is 17.7 Å². The van der Waals surface area contributed by atoms with Gasteiger partial charge in [0.15, 0.2) is 0 Å². The van der Waals surface area contributed by atoms with Crippen molar-refractivity contribution in [2.24, 2.45) is 0 Å². The van der Waals surface area contributed by atoms with Crippen LogP contribution in [0.3, 0.4) is 0 Å². The van der Waals surface area contributed by atoms with Gasteiger partial charge in [-0.3, -0.25) is 4.55 Å². The maximum atomic E-state index is 10.6. The van der Waals surface area contributed by atoms with Crippen molar-refractivity contribution in [3.63, 3.8) is 0 Å². The second-order valence-corrected chi connectivity index (χ2v) is 9.40. The second kappa shape index (κ2) is 7.10. The van der Waals surface area contributed by atoms with Crippen LogP contribution in [-0.4, -0.2) is 25.3 Å². The minimum Gasteiger partial charge on any atom is -0.491 e. The molecular formula is C13H18I2O4S. The highest BCUT2D eigenvalue weighted by Crippen LogP contribution is 2.33. The molecule has 1 rings (SSSR count). The molecule has 0 aliphatic rings. The molecule has 0 aromatic heterocycles. The number of rotatable bonds is 5. The topological polar surface area (TPSA) is 63.6 Å². The molecule has 0 aliphatic carbocycles. The molecule has 20 heavy (non-hydrogen) atoms. The van der Waals surface area contributed by atoms with E-state index in [1.165, 1.54) is 5.56 Å². The van der Waals surface area contributed by atoms with Gasteiger partial charge in [-0.1, -0.05) is 20.8 Å². The first-order valence-corrected chi connectivity index (χ1v) is 9.85. The summed E-state index contributed by atoms with van der Waals surface area (Å²) in [6.45, 7) is 6.73. The van der Waals surface area contributed by atoms with E-state index in [0.29, 0.717) is 0 Å². The highest BCUT2D eigenvalue weighted by molar-refractivity contribution is 14.1. The molecule has 0 radical (unpaired) electrons. The molecule has 7 heteroatoms. The fourth-order valence-corrected chi connectivity index (χ4v) is 4.11. The average molecular weight is 524 g/mol. The van der Waals surface area contributed by atoms with E-state index in [2.05, 4.69) is 78.1 Å². The van der Waals surface area contributed by atoms with Crippen LogP contribution in [0.25, 0.3) is 0 Å². The minimum absolute atomic E-state index is 0.0728. The van der Waals surface area contributed by atoms with Crippen LogP contribution in [0.2, 0.25) is 0 Å². The second-order valence-electron chi connectivity index (χ2n) is 5.51. The van der Waals surface area contributed by atoms with Crippen LogP contribution >= 0.6 is 45.2 Å². The van der Waals surface area contributed by atoms with Crippen molar-refractivity contribution in [3.8, 4) is 5.75 Å². The summed E-state index contributed by atoms with van der Waals surface area (Å²) in [4.78, 5) is 0. The van der Waals surface area contributed by atoms with E-state index in [0.717, 1.165) is 12.9 Å². The maximum Gasteiger partial charge on any atom is 0.264 e. The molecule has 0 heterocycles. The fourth-order valence-electron chi connectivity index (χ4n) is 1.55. The predicted octanol–water partition coefficient (Wildman–Crippen LogP) is 3.85. The molecule has 0 saturated carbocycles. The van der Waals surface area contributed by atoms with Gasteiger partial charge in [-0.2, -0.15) is 8.42 Å². The first-order chi connectivity index (χ1) is 9.00. The van der Waals surface area contributed by atoms with Gasteiger partial charge in [-0.05, 0) is 74.7 Å². The van der Waals surface area contributed by atoms with Gasteiger partial charge in [0, 0.05) is 0 Å². The van der Waals surface area contributed by atoms with Crippen molar-refractivity contribution >= 4 is 55.3 Å². The summed E-state index contributed by atoms with van der Waals surface area (Å²) in [5.41, 5.74) is 1.31. The van der Waals surface area contributed by atoms with Crippen LogP contribution in [0.1, 0.15) is 32.8 Å². The van der Waals surface area contributed by atoms with E-state index in [-0.39, 0.29) is 24.2 Å². The molecule has 0 atom stereocenters.